The number of aromatic carboxylic acids is 2. The zero-order chi connectivity index (χ0) is 91.6. The lowest BCUT2D eigenvalue weighted by atomic mass is 9.68. The smallest absolute Gasteiger partial charge is 0.410 e. The first kappa shape index (κ1) is 95.5. The van der Waals surface area contributed by atoms with Crippen LogP contribution < -0.4 is 27.0 Å². The third-order valence-corrected chi connectivity index (χ3v) is 25.5. The zero-order valence-electron chi connectivity index (χ0n) is 75.9. The van der Waals surface area contributed by atoms with Crippen molar-refractivity contribution in [3.63, 3.8) is 0 Å². The molecule has 0 spiro atoms. The van der Waals surface area contributed by atoms with E-state index in [1.807, 2.05) is 119 Å². The van der Waals surface area contributed by atoms with E-state index in [0.29, 0.717) is 79.9 Å². The van der Waals surface area contributed by atoms with Gasteiger partial charge in [-0.3, -0.25) is 0 Å². The molecule has 16 rings (SSSR count). The summed E-state index contributed by atoms with van der Waals surface area (Å²) in [6, 6.07) is 62.3. The van der Waals surface area contributed by atoms with Gasteiger partial charge in [-0.15, -0.1) is 0 Å². The Hall–Kier alpha value is -11.6. The molecule has 26 nitrogen and oxygen atoms in total. The summed E-state index contributed by atoms with van der Waals surface area (Å²) in [4.78, 5) is 106. The number of carbonyl (C=O) groups excluding carboxylic acids is 5. The van der Waals surface area contributed by atoms with Crippen molar-refractivity contribution in [3.05, 3.63) is 245 Å². The van der Waals surface area contributed by atoms with E-state index in [2.05, 4.69) is 137 Å². The lowest BCUT2D eigenvalue weighted by Crippen LogP contribution is -2.50. The third kappa shape index (κ3) is 27.0. The molecule has 684 valence electrons. The first-order valence-electron chi connectivity index (χ1n) is 45.1. The number of benzene rings is 4. The van der Waals surface area contributed by atoms with Crippen LogP contribution in [-0.4, -0.2) is 195 Å². The fraction of sp³-hybridized carbons (Fsp3) is 0.495. The van der Waals surface area contributed by atoms with Gasteiger partial charge in [-0.05, 0) is 217 Å². The van der Waals surface area contributed by atoms with Crippen LogP contribution in [0.3, 0.4) is 0 Å². The van der Waals surface area contributed by atoms with Crippen LogP contribution in [-0.2, 0) is 23.7 Å². The number of esters is 2. The Labute approximate surface area is 752 Å². The fourth-order valence-electron chi connectivity index (χ4n) is 17.4. The number of pyridine rings is 4. The molecule has 8 aromatic rings. The standard InChI is InChI=1S/C27H35N3O4.C26H33N3O4.C21H25N3O2.C20H30N2O2.C7H6FNO2/c1-26(2,3)34-25(32)30(22-16-20(22)19-10-6-5-7-11-19)18-27(14-9-15-27)17-28-23-13-8-12-21(29-23)24(31)33-4;1-25(2,3)33-24(32)29(21-15-19(21)18-9-5-4-6-10-18)17-26(13-8-14-26)16-27-22-12-7-11-20(28-22)23(30)31;25-20(26)17-8-4-9-19(24-17)23-14-21(10-5-11-21)13-22-18-12-16(18)15-6-2-1-3-7-15;1-19(2,3)24-18(23)22(14-20(13-21)10-7-11-20)17-12-16(17)15-8-5-4-6-9-15;1-11-7(10)5-3-2-4-6(8)9-5/h5-8,10-13,20,22H,9,14-18H2,1-4H3,(H,28,29);4-7,9-12,19,21H,8,13-17H2,1-3H3,(H,27,28)(H,30,31);1-4,6-9,16,18,22H,5,10-14H2,(H,23,24)(H,25,26);4-6,8-9,16-17H,7,10-14,21H2,1-3H3;2-4H,1H3/t20?,22-;19?,21-;16?,18-;16?,17-;/m0000./s1. The van der Waals surface area contributed by atoms with E-state index in [0.717, 1.165) is 96.3 Å². The second-order valence-electron chi connectivity index (χ2n) is 38.9. The SMILES string of the molecule is CC(C)(C)OC(=O)N(CC1(CN)CCC1)[C@H]1CC1c1ccccc1.CC(C)(C)OC(=O)N(CC1(CNc2cccc(C(=O)O)n2)CCC1)[C@H]1CC1c1ccccc1.COC(=O)c1cccc(F)n1.COC(=O)c1cccc(NCC2(CN(C(=O)OC(C)(C)C)[C@H]3CC3c3ccccc3)CCC2)n1.O=C(O)c1cccc(NCC2(CN[C@H]3CC3c3ccccc3)CCC2)n1. The maximum absolute atomic E-state index is 13.3. The van der Waals surface area contributed by atoms with Gasteiger partial charge in [-0.25, -0.2) is 53.5 Å². The Morgan fingerprint density at radius 3 is 0.977 bits per heavy atom. The Morgan fingerprint density at radius 2 is 0.680 bits per heavy atom. The molecule has 8 N–H and O–H groups in total. The lowest BCUT2D eigenvalue weighted by molar-refractivity contribution is 0.00249. The maximum Gasteiger partial charge on any atom is 0.410 e. The number of methoxy groups -OCH3 is 2. The predicted molar refractivity (Wildman–Crippen MR) is 490 cm³/mol. The molecule has 0 saturated heterocycles. The van der Waals surface area contributed by atoms with Crippen molar-refractivity contribution >= 4 is 59.6 Å². The van der Waals surface area contributed by atoms with Gasteiger partial charge < -0.3 is 75.6 Å². The molecule has 3 amide bonds. The number of nitrogens with zero attached hydrogens (tertiary/aromatic N) is 7. The zero-order valence-corrected chi connectivity index (χ0v) is 75.9. The second kappa shape index (κ2) is 42.1. The number of nitrogens with two attached hydrogens (primary N) is 1. The van der Waals surface area contributed by atoms with E-state index in [1.165, 1.54) is 92.8 Å². The number of aromatic nitrogens is 4. The van der Waals surface area contributed by atoms with Crippen LogP contribution in [0.25, 0.3) is 0 Å². The van der Waals surface area contributed by atoms with Gasteiger partial charge in [-0.1, -0.05) is 171 Å². The number of rotatable bonds is 30. The maximum atomic E-state index is 13.3. The first-order chi connectivity index (χ1) is 61.1. The van der Waals surface area contributed by atoms with Gasteiger partial charge in [-0.2, -0.15) is 4.39 Å². The van der Waals surface area contributed by atoms with Gasteiger partial charge in [0.1, 0.15) is 34.3 Å². The average molecular weight is 1750 g/mol. The monoisotopic (exact) mass is 1750 g/mol. The van der Waals surface area contributed by atoms with Crippen molar-refractivity contribution < 1.29 is 71.8 Å². The number of hydrogen-bond acceptors (Lipinski definition) is 21. The van der Waals surface area contributed by atoms with E-state index < -0.39 is 46.6 Å². The quantitative estimate of drug-likeness (QED) is 0.0125. The van der Waals surface area contributed by atoms with Crippen molar-refractivity contribution in [1.29, 1.82) is 0 Å². The van der Waals surface area contributed by atoms with E-state index in [-0.39, 0.29) is 80.8 Å². The summed E-state index contributed by atoms with van der Waals surface area (Å²) in [5.74, 6) is -0.256. The van der Waals surface area contributed by atoms with E-state index in [4.69, 9.17) is 29.8 Å². The largest absolute Gasteiger partial charge is 0.477 e. The highest BCUT2D eigenvalue weighted by molar-refractivity contribution is 5.88. The number of hydrogen-bond donors (Lipinski definition) is 7. The van der Waals surface area contributed by atoms with Crippen LogP contribution in [0.4, 0.5) is 36.2 Å². The Morgan fingerprint density at radius 1 is 0.383 bits per heavy atom. The number of halogens is 1. The Balaban J connectivity index is 0.000000150. The molecule has 4 unspecified atom stereocenters. The molecule has 8 atom stereocenters. The molecule has 0 bridgehead atoms. The molecular weight excluding hydrogens is 1620 g/mol. The van der Waals surface area contributed by atoms with Crippen LogP contribution in [0.15, 0.2) is 194 Å². The molecule has 8 aliphatic rings. The van der Waals surface area contributed by atoms with Gasteiger partial charge in [0.15, 0.2) is 22.8 Å². The van der Waals surface area contributed by atoms with Crippen LogP contribution in [0.1, 0.15) is 253 Å². The van der Waals surface area contributed by atoms with Crippen LogP contribution >= 0.6 is 0 Å². The molecule has 4 heterocycles. The number of nitrogens with one attached hydrogen (secondary N) is 4. The van der Waals surface area contributed by atoms with E-state index >= 15 is 0 Å². The minimum atomic E-state index is -1.05. The number of carboxylic acids is 2. The highest BCUT2D eigenvalue weighted by atomic mass is 19.1. The Bertz CT molecular complexity index is 5030. The summed E-state index contributed by atoms with van der Waals surface area (Å²) >= 11 is 0. The predicted octanol–water partition coefficient (Wildman–Crippen LogP) is 18.8. The summed E-state index contributed by atoms with van der Waals surface area (Å²) in [6.07, 6.45) is 16.8. The number of carboxylic acid groups (broad SMARTS) is 2. The van der Waals surface area contributed by atoms with Gasteiger partial charge in [0.2, 0.25) is 5.95 Å². The molecule has 0 radical (unpaired) electrons. The number of ether oxygens (including phenoxy) is 5. The molecule has 8 aliphatic carbocycles. The normalized spacial score (nSPS) is 21.0. The number of amides is 3. The summed E-state index contributed by atoms with van der Waals surface area (Å²) in [7, 11) is 2.56. The van der Waals surface area contributed by atoms with Crippen molar-refractivity contribution in [2.45, 2.75) is 230 Å². The molecule has 8 saturated carbocycles. The average Bonchev–Trinajstić information content (AvgIpc) is 1.56. The van der Waals surface area contributed by atoms with Crippen molar-refractivity contribution in [1.82, 2.24) is 40.0 Å². The molecule has 4 aromatic carbocycles. The minimum Gasteiger partial charge on any atom is -0.477 e. The molecule has 27 heteroatoms. The van der Waals surface area contributed by atoms with Crippen LogP contribution in [0.5, 0.6) is 0 Å². The summed E-state index contributed by atoms with van der Waals surface area (Å²) in [5.41, 5.74) is 10.3. The van der Waals surface area contributed by atoms with Crippen LogP contribution in [0, 0.1) is 27.6 Å². The number of anilines is 3. The van der Waals surface area contributed by atoms with Crippen LogP contribution in [0.2, 0.25) is 0 Å². The van der Waals surface area contributed by atoms with Crippen molar-refractivity contribution in [2.75, 3.05) is 82.5 Å². The highest BCUT2D eigenvalue weighted by Crippen LogP contribution is 2.53. The molecule has 8 fully saturated rings. The third-order valence-electron chi connectivity index (χ3n) is 25.5. The molecule has 4 aromatic heterocycles. The van der Waals surface area contributed by atoms with E-state index in [9.17, 15) is 43.1 Å². The second-order valence-corrected chi connectivity index (χ2v) is 38.9. The highest BCUT2D eigenvalue weighted by Gasteiger charge is 2.54. The lowest BCUT2D eigenvalue weighted by Gasteiger charge is -2.45. The summed E-state index contributed by atoms with van der Waals surface area (Å²) in [6.45, 7) is 22.9. The first-order valence-corrected chi connectivity index (χ1v) is 45.1. The Kier molecular flexibility index (Phi) is 31.4. The van der Waals surface area contributed by atoms with E-state index in [1.54, 1.807) is 30.3 Å². The minimum absolute atomic E-state index is 0.0155. The van der Waals surface area contributed by atoms with Gasteiger partial charge in [0.05, 0.1) is 14.2 Å². The van der Waals surface area contributed by atoms with Gasteiger partial charge in [0, 0.05) is 115 Å². The molecule has 0 aliphatic heterocycles. The molecule has 128 heavy (non-hydrogen) atoms. The van der Waals surface area contributed by atoms with Gasteiger partial charge in [0.25, 0.3) is 0 Å². The van der Waals surface area contributed by atoms with Crippen molar-refractivity contribution in [3.8, 4) is 0 Å². The van der Waals surface area contributed by atoms with Crippen molar-refractivity contribution in [2.24, 2.45) is 27.4 Å². The van der Waals surface area contributed by atoms with Gasteiger partial charge >= 0.3 is 42.2 Å². The summed E-state index contributed by atoms with van der Waals surface area (Å²) < 4.78 is 38.8. The topological polar surface area (TPSA) is 342 Å². The molecular formula is C101H129FN12O14. The number of carbonyl (C=O) groups is 7. The fourth-order valence-corrected chi connectivity index (χ4v) is 17.4. The summed E-state index contributed by atoms with van der Waals surface area (Å²) in [5, 5.41) is 32.1.